The molecular weight excluding hydrogens is 218 g/mol. The minimum atomic E-state index is 0.585. The highest BCUT2D eigenvalue weighted by atomic mass is 16.5. The molecule has 1 heterocycles. The summed E-state index contributed by atoms with van der Waals surface area (Å²) in [5.41, 5.74) is 2.51. The summed E-state index contributed by atoms with van der Waals surface area (Å²) in [4.78, 5) is 13.7. The van der Waals surface area contributed by atoms with Crippen LogP contribution in [0.5, 0.6) is 11.6 Å². The number of hydrogen-bond acceptors (Lipinski definition) is 3. The number of H-pyrrole nitrogens is 1. The summed E-state index contributed by atoms with van der Waals surface area (Å²) >= 11 is 0. The van der Waals surface area contributed by atoms with E-state index in [4.69, 9.17) is 9.47 Å². The number of aromatic nitrogens is 1. The van der Waals surface area contributed by atoms with Crippen molar-refractivity contribution in [3.8, 4) is 22.9 Å². The van der Waals surface area contributed by atoms with E-state index in [9.17, 15) is 4.79 Å². The van der Waals surface area contributed by atoms with Crippen molar-refractivity contribution in [2.45, 2.75) is 0 Å². The van der Waals surface area contributed by atoms with E-state index in [-0.39, 0.29) is 0 Å². The predicted octanol–water partition coefficient (Wildman–Crippen LogP) is 2.51. The number of aromatic amines is 1. The highest BCUT2D eigenvalue weighted by molar-refractivity contribution is 5.76. The van der Waals surface area contributed by atoms with Gasteiger partial charge in [0, 0.05) is 11.6 Å². The smallest absolute Gasteiger partial charge is 0.234 e. The normalized spacial score (nSPS) is 10.0. The third-order valence-electron chi connectivity index (χ3n) is 2.53. The van der Waals surface area contributed by atoms with Gasteiger partial charge in [0.1, 0.15) is 6.29 Å². The van der Waals surface area contributed by atoms with Crippen LogP contribution in [-0.4, -0.2) is 25.5 Å². The number of carbonyl (C=O) groups excluding carboxylic acids is 1. The summed E-state index contributed by atoms with van der Waals surface area (Å²) in [6.45, 7) is 0. The maximum absolute atomic E-state index is 10.6. The van der Waals surface area contributed by atoms with Gasteiger partial charge in [0.25, 0.3) is 0 Å². The topological polar surface area (TPSA) is 51.3 Å². The predicted molar refractivity (Wildman–Crippen MR) is 64.7 cm³/mol. The van der Waals surface area contributed by atoms with Gasteiger partial charge in [-0.3, -0.25) is 4.79 Å². The Kier molecular flexibility index (Phi) is 3.14. The first-order valence-electron chi connectivity index (χ1n) is 5.15. The van der Waals surface area contributed by atoms with E-state index in [0.29, 0.717) is 17.2 Å². The fraction of sp³-hybridized carbons (Fsp3) is 0.154. The van der Waals surface area contributed by atoms with Crippen LogP contribution in [0.2, 0.25) is 0 Å². The minimum absolute atomic E-state index is 0.585. The van der Waals surface area contributed by atoms with Crippen LogP contribution in [0.15, 0.2) is 30.3 Å². The molecule has 1 aromatic carbocycles. The lowest BCUT2D eigenvalue weighted by molar-refractivity contribution is 0.112. The molecule has 0 atom stereocenters. The first-order chi connectivity index (χ1) is 8.28. The number of nitrogens with one attached hydrogen (secondary N) is 1. The van der Waals surface area contributed by atoms with Gasteiger partial charge in [0.05, 0.1) is 19.9 Å². The van der Waals surface area contributed by atoms with Crippen LogP contribution in [0.1, 0.15) is 10.4 Å². The van der Waals surface area contributed by atoms with Gasteiger partial charge < -0.3 is 14.5 Å². The molecule has 0 aliphatic rings. The van der Waals surface area contributed by atoms with E-state index in [1.165, 1.54) is 0 Å². The minimum Gasteiger partial charge on any atom is -0.491 e. The zero-order valence-electron chi connectivity index (χ0n) is 9.69. The summed E-state index contributed by atoms with van der Waals surface area (Å²) in [5.74, 6) is 1.24. The van der Waals surface area contributed by atoms with Gasteiger partial charge in [-0.1, -0.05) is 24.3 Å². The molecule has 0 aliphatic heterocycles. The SMILES string of the molecule is COc1cc(-c2ccc(C=O)cc2)[nH]c1OC. The fourth-order valence-corrected chi connectivity index (χ4v) is 1.62. The lowest BCUT2D eigenvalue weighted by atomic mass is 10.1. The lowest BCUT2D eigenvalue weighted by Crippen LogP contribution is -1.86. The second-order valence-corrected chi connectivity index (χ2v) is 3.52. The van der Waals surface area contributed by atoms with Crippen LogP contribution in [0.25, 0.3) is 11.3 Å². The van der Waals surface area contributed by atoms with Crippen LogP contribution in [0.4, 0.5) is 0 Å². The molecule has 4 nitrogen and oxygen atoms in total. The Hall–Kier alpha value is -2.23. The maximum Gasteiger partial charge on any atom is 0.234 e. The van der Waals surface area contributed by atoms with Crippen LogP contribution >= 0.6 is 0 Å². The van der Waals surface area contributed by atoms with E-state index >= 15 is 0 Å². The van der Waals surface area contributed by atoms with Gasteiger partial charge >= 0.3 is 0 Å². The van der Waals surface area contributed by atoms with E-state index in [0.717, 1.165) is 17.5 Å². The van der Waals surface area contributed by atoms with E-state index in [1.807, 2.05) is 18.2 Å². The van der Waals surface area contributed by atoms with Crippen LogP contribution in [0.3, 0.4) is 0 Å². The van der Waals surface area contributed by atoms with Crippen molar-refractivity contribution in [3.05, 3.63) is 35.9 Å². The number of hydrogen-bond donors (Lipinski definition) is 1. The largest absolute Gasteiger partial charge is 0.491 e. The third kappa shape index (κ3) is 2.15. The molecule has 0 unspecified atom stereocenters. The summed E-state index contributed by atoms with van der Waals surface area (Å²) in [5, 5.41) is 0. The van der Waals surface area contributed by atoms with Crippen molar-refractivity contribution >= 4 is 6.29 Å². The Bertz CT molecular complexity index is 492. The van der Waals surface area contributed by atoms with Gasteiger partial charge in [-0.2, -0.15) is 0 Å². The highest BCUT2D eigenvalue weighted by Gasteiger charge is 2.09. The third-order valence-corrected chi connectivity index (χ3v) is 2.53. The Balaban J connectivity index is 2.38. The maximum atomic E-state index is 10.6. The highest BCUT2D eigenvalue weighted by Crippen LogP contribution is 2.32. The summed E-state index contributed by atoms with van der Waals surface area (Å²) in [6, 6.07) is 9.13. The molecule has 0 saturated heterocycles. The van der Waals surface area contributed by atoms with Gasteiger partial charge in [-0.15, -0.1) is 0 Å². The Morgan fingerprint density at radius 2 is 1.82 bits per heavy atom. The standard InChI is InChI=1S/C13H13NO3/c1-16-12-7-11(14-13(12)17-2)10-5-3-9(8-15)4-6-10/h3-8,14H,1-2H3. The van der Waals surface area contributed by atoms with Crippen molar-refractivity contribution in [1.82, 2.24) is 4.98 Å². The lowest BCUT2D eigenvalue weighted by Gasteiger charge is -1.99. The van der Waals surface area contributed by atoms with E-state index < -0.39 is 0 Å². The zero-order valence-corrected chi connectivity index (χ0v) is 9.69. The van der Waals surface area contributed by atoms with Crippen molar-refractivity contribution in [3.63, 3.8) is 0 Å². The zero-order chi connectivity index (χ0) is 12.3. The summed E-state index contributed by atoms with van der Waals surface area (Å²) in [7, 11) is 3.17. The molecule has 17 heavy (non-hydrogen) atoms. The second kappa shape index (κ2) is 4.74. The molecule has 0 amide bonds. The fourth-order valence-electron chi connectivity index (χ4n) is 1.62. The van der Waals surface area contributed by atoms with Crippen molar-refractivity contribution in [2.75, 3.05) is 14.2 Å². The summed E-state index contributed by atoms with van der Waals surface area (Å²) in [6.07, 6.45) is 0.819. The van der Waals surface area contributed by atoms with Crippen molar-refractivity contribution < 1.29 is 14.3 Å². The van der Waals surface area contributed by atoms with Gasteiger partial charge in [0.2, 0.25) is 5.88 Å². The quantitative estimate of drug-likeness (QED) is 0.822. The molecule has 2 rings (SSSR count). The first-order valence-corrected chi connectivity index (χ1v) is 5.15. The molecule has 0 aliphatic carbocycles. The number of aldehydes is 1. The molecule has 1 aromatic heterocycles. The van der Waals surface area contributed by atoms with Gasteiger partial charge in [-0.25, -0.2) is 0 Å². The molecular formula is C13H13NO3. The molecule has 0 spiro atoms. The molecule has 0 saturated carbocycles. The van der Waals surface area contributed by atoms with Crippen LogP contribution in [0, 0.1) is 0 Å². The average molecular weight is 231 g/mol. The van der Waals surface area contributed by atoms with Crippen molar-refractivity contribution in [1.29, 1.82) is 0 Å². The molecule has 0 radical (unpaired) electrons. The molecule has 2 aromatic rings. The second-order valence-electron chi connectivity index (χ2n) is 3.52. The van der Waals surface area contributed by atoms with Gasteiger partial charge in [0.15, 0.2) is 5.75 Å². The average Bonchev–Trinajstić information content (AvgIpc) is 2.82. The van der Waals surface area contributed by atoms with E-state index in [2.05, 4.69) is 4.98 Å². The molecule has 0 fully saturated rings. The molecule has 1 N–H and O–H groups in total. The number of rotatable bonds is 4. The molecule has 88 valence electrons. The van der Waals surface area contributed by atoms with Gasteiger partial charge in [-0.05, 0) is 5.56 Å². The van der Waals surface area contributed by atoms with Crippen molar-refractivity contribution in [2.24, 2.45) is 0 Å². The molecule has 4 heteroatoms. The Morgan fingerprint density at radius 3 is 2.29 bits per heavy atom. The Morgan fingerprint density at radius 1 is 1.12 bits per heavy atom. The Labute approximate surface area is 99.2 Å². The summed E-state index contributed by atoms with van der Waals surface area (Å²) < 4.78 is 10.3. The monoisotopic (exact) mass is 231 g/mol. The van der Waals surface area contributed by atoms with Crippen LogP contribution in [-0.2, 0) is 0 Å². The first kappa shape index (κ1) is 11.3. The van der Waals surface area contributed by atoms with E-state index in [1.54, 1.807) is 26.4 Å². The number of benzene rings is 1. The number of carbonyl (C=O) groups is 1. The number of ether oxygens (including phenoxy) is 2. The number of methoxy groups -OCH3 is 2. The molecule has 0 bridgehead atoms. The van der Waals surface area contributed by atoms with Crippen LogP contribution < -0.4 is 9.47 Å².